The summed E-state index contributed by atoms with van der Waals surface area (Å²) >= 11 is 0. The molecule has 0 saturated heterocycles. The van der Waals surface area contributed by atoms with Crippen LogP contribution in [0.5, 0.6) is 0 Å². The lowest BCUT2D eigenvalue weighted by Crippen LogP contribution is -2.20. The maximum Gasteiger partial charge on any atom is 0.224 e. The van der Waals surface area contributed by atoms with E-state index in [1.165, 1.54) is 0 Å². The number of nitrogens with one attached hydrogen (secondary N) is 2. The zero-order valence-electron chi connectivity index (χ0n) is 11.9. The number of nitrogen functional groups attached to an aromatic ring is 1. The van der Waals surface area contributed by atoms with Crippen LogP contribution in [0.3, 0.4) is 0 Å². The normalized spacial score (nSPS) is 15.4. The quantitative estimate of drug-likeness (QED) is 0.599. The molecule has 1 aromatic carbocycles. The SMILES string of the molecule is CCC(CCO)CNc1cc2c(cc1N)NC(=O)CC2. The summed E-state index contributed by atoms with van der Waals surface area (Å²) in [5, 5.41) is 15.2. The van der Waals surface area contributed by atoms with E-state index in [4.69, 9.17) is 10.8 Å². The lowest BCUT2D eigenvalue weighted by molar-refractivity contribution is -0.116. The molecule has 2 rings (SSSR count). The van der Waals surface area contributed by atoms with E-state index >= 15 is 0 Å². The van der Waals surface area contributed by atoms with E-state index in [0.717, 1.165) is 42.7 Å². The number of carbonyl (C=O) groups is 1. The van der Waals surface area contributed by atoms with E-state index in [9.17, 15) is 4.79 Å². The van der Waals surface area contributed by atoms with Gasteiger partial charge in [-0.2, -0.15) is 0 Å². The van der Waals surface area contributed by atoms with Gasteiger partial charge in [-0.05, 0) is 36.5 Å². The zero-order valence-corrected chi connectivity index (χ0v) is 11.9. The number of hydrogen-bond acceptors (Lipinski definition) is 4. The molecule has 0 aromatic heterocycles. The van der Waals surface area contributed by atoms with Crippen molar-refractivity contribution < 1.29 is 9.90 Å². The highest BCUT2D eigenvalue weighted by molar-refractivity contribution is 5.95. The van der Waals surface area contributed by atoms with Crippen molar-refractivity contribution in [1.82, 2.24) is 0 Å². The van der Waals surface area contributed by atoms with Gasteiger partial charge in [0.2, 0.25) is 5.91 Å². The lowest BCUT2D eigenvalue weighted by atomic mass is 10.00. The average Bonchev–Trinajstić information content (AvgIpc) is 2.43. The van der Waals surface area contributed by atoms with Crippen molar-refractivity contribution in [2.75, 3.05) is 29.5 Å². The van der Waals surface area contributed by atoms with E-state index in [1.807, 2.05) is 12.1 Å². The van der Waals surface area contributed by atoms with Gasteiger partial charge in [-0.25, -0.2) is 0 Å². The summed E-state index contributed by atoms with van der Waals surface area (Å²) in [5.41, 5.74) is 9.53. The summed E-state index contributed by atoms with van der Waals surface area (Å²) in [5.74, 6) is 0.488. The number of benzene rings is 1. The van der Waals surface area contributed by atoms with Gasteiger partial charge >= 0.3 is 0 Å². The molecule has 20 heavy (non-hydrogen) atoms. The number of rotatable bonds is 6. The first-order valence-corrected chi connectivity index (χ1v) is 7.21. The Hall–Kier alpha value is -1.75. The minimum Gasteiger partial charge on any atom is -0.397 e. The molecule has 110 valence electrons. The van der Waals surface area contributed by atoms with Crippen LogP contribution in [0.2, 0.25) is 0 Å². The van der Waals surface area contributed by atoms with Gasteiger partial charge in [-0.15, -0.1) is 0 Å². The molecule has 5 nitrogen and oxygen atoms in total. The third-order valence-electron chi connectivity index (χ3n) is 3.87. The van der Waals surface area contributed by atoms with Gasteiger partial charge in [0, 0.05) is 25.3 Å². The predicted octanol–water partition coefficient (Wildman–Crippen LogP) is 1.97. The number of fused-ring (bicyclic) bond motifs is 1. The smallest absolute Gasteiger partial charge is 0.224 e. The molecule has 5 heteroatoms. The topological polar surface area (TPSA) is 87.4 Å². The number of nitrogens with two attached hydrogens (primary N) is 1. The van der Waals surface area contributed by atoms with Crippen molar-refractivity contribution in [1.29, 1.82) is 0 Å². The number of amides is 1. The van der Waals surface area contributed by atoms with Gasteiger partial charge in [-0.3, -0.25) is 4.79 Å². The van der Waals surface area contributed by atoms with Crippen LogP contribution in [0.15, 0.2) is 12.1 Å². The molecule has 1 amide bonds. The van der Waals surface area contributed by atoms with Crippen LogP contribution < -0.4 is 16.4 Å². The molecule has 0 fully saturated rings. The average molecular weight is 277 g/mol. The molecule has 1 heterocycles. The van der Waals surface area contributed by atoms with Crippen molar-refractivity contribution >= 4 is 23.0 Å². The molecule has 5 N–H and O–H groups in total. The third kappa shape index (κ3) is 3.42. The maximum atomic E-state index is 11.4. The number of anilines is 3. The molecule has 0 radical (unpaired) electrons. The fourth-order valence-electron chi connectivity index (χ4n) is 2.49. The van der Waals surface area contributed by atoms with Crippen LogP contribution in [0, 0.1) is 5.92 Å². The van der Waals surface area contributed by atoms with Crippen LogP contribution in [-0.4, -0.2) is 24.2 Å². The Morgan fingerprint density at radius 2 is 2.25 bits per heavy atom. The van der Waals surface area contributed by atoms with E-state index in [0.29, 0.717) is 18.0 Å². The summed E-state index contributed by atoms with van der Waals surface area (Å²) < 4.78 is 0. The largest absolute Gasteiger partial charge is 0.397 e. The summed E-state index contributed by atoms with van der Waals surface area (Å²) in [6, 6.07) is 3.84. The third-order valence-corrected chi connectivity index (χ3v) is 3.87. The molecule has 0 spiro atoms. The summed E-state index contributed by atoms with van der Waals surface area (Å²) in [6.45, 7) is 3.13. The summed E-state index contributed by atoms with van der Waals surface area (Å²) in [6.07, 6.45) is 3.10. The fourth-order valence-corrected chi connectivity index (χ4v) is 2.49. The van der Waals surface area contributed by atoms with Gasteiger partial charge in [0.1, 0.15) is 0 Å². The number of aryl methyl sites for hydroxylation is 1. The second-order valence-corrected chi connectivity index (χ2v) is 5.31. The van der Waals surface area contributed by atoms with E-state index in [1.54, 1.807) is 0 Å². The monoisotopic (exact) mass is 277 g/mol. The molecule has 0 saturated carbocycles. The number of aliphatic hydroxyl groups is 1. The van der Waals surface area contributed by atoms with Crippen molar-refractivity contribution in [3.8, 4) is 0 Å². The van der Waals surface area contributed by atoms with E-state index in [2.05, 4.69) is 17.6 Å². The zero-order chi connectivity index (χ0) is 14.5. The van der Waals surface area contributed by atoms with Crippen molar-refractivity contribution in [2.45, 2.75) is 32.6 Å². The second-order valence-electron chi connectivity index (χ2n) is 5.31. The Kier molecular flexibility index (Phi) is 4.84. The molecule has 0 bridgehead atoms. The first-order chi connectivity index (χ1) is 9.63. The predicted molar refractivity (Wildman–Crippen MR) is 81.8 cm³/mol. The Morgan fingerprint density at radius 3 is 2.95 bits per heavy atom. The fraction of sp³-hybridized carbons (Fsp3) is 0.533. The van der Waals surface area contributed by atoms with Crippen LogP contribution >= 0.6 is 0 Å². The van der Waals surface area contributed by atoms with E-state index < -0.39 is 0 Å². The first kappa shape index (κ1) is 14.7. The number of hydrogen-bond donors (Lipinski definition) is 4. The molecule has 0 aliphatic carbocycles. The second kappa shape index (κ2) is 6.61. The highest BCUT2D eigenvalue weighted by atomic mass is 16.3. The van der Waals surface area contributed by atoms with Gasteiger partial charge in [0.25, 0.3) is 0 Å². The standard InChI is InChI=1S/C15H23N3O2/c1-2-10(5-6-19)9-17-14-7-11-3-4-15(20)18-13(11)8-12(14)16/h7-8,10,17,19H,2-6,9,16H2,1H3,(H,18,20). The number of aliphatic hydroxyl groups excluding tert-OH is 1. The van der Waals surface area contributed by atoms with Gasteiger partial charge < -0.3 is 21.5 Å². The minimum atomic E-state index is 0.0478. The highest BCUT2D eigenvalue weighted by Gasteiger charge is 2.17. The highest BCUT2D eigenvalue weighted by Crippen LogP contribution is 2.31. The molecular weight excluding hydrogens is 254 g/mol. The Balaban J connectivity index is 2.07. The molecule has 1 atom stereocenters. The summed E-state index contributed by atoms with van der Waals surface area (Å²) in [4.78, 5) is 11.4. The first-order valence-electron chi connectivity index (χ1n) is 7.21. The van der Waals surface area contributed by atoms with Crippen LogP contribution in [0.25, 0.3) is 0 Å². The molecular formula is C15H23N3O2. The van der Waals surface area contributed by atoms with Crippen molar-refractivity contribution in [3.63, 3.8) is 0 Å². The Morgan fingerprint density at radius 1 is 1.45 bits per heavy atom. The van der Waals surface area contributed by atoms with Crippen molar-refractivity contribution in [2.24, 2.45) is 5.92 Å². The minimum absolute atomic E-state index is 0.0478. The molecule has 1 aromatic rings. The molecule has 1 aliphatic heterocycles. The van der Waals surface area contributed by atoms with Gasteiger partial charge in [-0.1, -0.05) is 13.3 Å². The Labute approximate surface area is 119 Å². The maximum absolute atomic E-state index is 11.4. The van der Waals surface area contributed by atoms with Gasteiger partial charge in [0.05, 0.1) is 11.4 Å². The molecule has 1 unspecified atom stereocenters. The lowest BCUT2D eigenvalue weighted by Gasteiger charge is -2.21. The van der Waals surface area contributed by atoms with Crippen molar-refractivity contribution in [3.05, 3.63) is 17.7 Å². The van der Waals surface area contributed by atoms with Crippen LogP contribution in [0.1, 0.15) is 31.7 Å². The Bertz CT molecular complexity index is 488. The molecule has 1 aliphatic rings. The summed E-state index contributed by atoms with van der Waals surface area (Å²) in [7, 11) is 0. The van der Waals surface area contributed by atoms with E-state index in [-0.39, 0.29) is 12.5 Å². The van der Waals surface area contributed by atoms with Crippen LogP contribution in [-0.2, 0) is 11.2 Å². The number of carbonyl (C=O) groups excluding carboxylic acids is 1. The van der Waals surface area contributed by atoms with Gasteiger partial charge in [0.15, 0.2) is 0 Å². The van der Waals surface area contributed by atoms with Crippen LogP contribution in [0.4, 0.5) is 17.1 Å².